The number of thioether (sulfide) groups is 1. The number of nitrogens with zero attached hydrogens (tertiary/aromatic N) is 4. The summed E-state index contributed by atoms with van der Waals surface area (Å²) in [5, 5.41) is 15.6. The van der Waals surface area contributed by atoms with E-state index in [1.54, 1.807) is 58.9 Å². The number of benzene rings is 1. The third kappa shape index (κ3) is 7.13. The Kier molecular flexibility index (Phi) is 7.29. The van der Waals surface area contributed by atoms with Crippen LogP contribution in [0.3, 0.4) is 0 Å². The summed E-state index contributed by atoms with van der Waals surface area (Å²) in [5.41, 5.74) is -1.49. The molecule has 10 nitrogen and oxygen atoms in total. The van der Waals surface area contributed by atoms with E-state index in [9.17, 15) is 4.79 Å². The van der Waals surface area contributed by atoms with Gasteiger partial charge in [0.1, 0.15) is 16.9 Å². The molecule has 1 amide bonds. The van der Waals surface area contributed by atoms with E-state index < -0.39 is 17.2 Å². The number of hydrogen-bond donors (Lipinski definition) is 1. The van der Waals surface area contributed by atoms with Crippen molar-refractivity contribution in [1.82, 2.24) is 25.7 Å². The van der Waals surface area contributed by atoms with Gasteiger partial charge in [-0.25, -0.2) is 4.79 Å². The summed E-state index contributed by atoms with van der Waals surface area (Å²) >= 11 is 7.09. The van der Waals surface area contributed by atoms with Crippen molar-refractivity contribution in [2.45, 2.75) is 63.3 Å². The first kappa shape index (κ1) is 23.9. The van der Waals surface area contributed by atoms with Crippen molar-refractivity contribution >= 4 is 29.5 Å². The highest BCUT2D eigenvalue weighted by atomic mass is 35.5. The summed E-state index contributed by atoms with van der Waals surface area (Å²) in [6.45, 7) is 9.00. The van der Waals surface area contributed by atoms with Crippen molar-refractivity contribution in [2.75, 3.05) is 0 Å². The van der Waals surface area contributed by atoms with Crippen LogP contribution in [0.4, 0.5) is 4.79 Å². The molecule has 3 rings (SSSR count). The van der Waals surface area contributed by atoms with E-state index in [1.165, 1.54) is 11.8 Å². The van der Waals surface area contributed by atoms with Crippen LogP contribution in [0.5, 0.6) is 5.75 Å². The lowest BCUT2D eigenvalue weighted by atomic mass is 10.1. The molecule has 0 atom stereocenters. The van der Waals surface area contributed by atoms with Crippen LogP contribution < -0.4 is 10.1 Å². The third-order valence-corrected chi connectivity index (χ3v) is 4.84. The summed E-state index contributed by atoms with van der Waals surface area (Å²) in [7, 11) is 0. The van der Waals surface area contributed by atoms with E-state index in [1.807, 2.05) is 0 Å². The summed E-state index contributed by atoms with van der Waals surface area (Å²) in [6.07, 6.45) is -0.567. The highest BCUT2D eigenvalue weighted by Crippen LogP contribution is 2.24. The highest BCUT2D eigenvalue weighted by Gasteiger charge is 2.31. The van der Waals surface area contributed by atoms with Crippen molar-refractivity contribution in [3.63, 3.8) is 0 Å². The number of carbonyl (C=O) groups excluding carboxylic acids is 1. The molecule has 0 aliphatic rings. The minimum Gasteiger partial charge on any atom is -0.484 e. The molecule has 0 spiro atoms. The zero-order valence-electron chi connectivity index (χ0n) is 18.3. The van der Waals surface area contributed by atoms with Gasteiger partial charge in [-0.15, -0.1) is 10.2 Å². The fraction of sp³-hybridized carbons (Fsp3) is 0.450. The van der Waals surface area contributed by atoms with Crippen LogP contribution in [0.15, 0.2) is 38.4 Å². The second-order valence-corrected chi connectivity index (χ2v) is 9.62. The van der Waals surface area contributed by atoms with Crippen molar-refractivity contribution in [1.29, 1.82) is 0 Å². The average Bonchev–Trinajstić information content (AvgIpc) is 3.34. The monoisotopic (exact) mass is 481 g/mol. The molecular formula is C20H24ClN5O5S. The van der Waals surface area contributed by atoms with Gasteiger partial charge in [0.15, 0.2) is 12.4 Å². The molecule has 0 saturated heterocycles. The quantitative estimate of drug-likeness (QED) is 0.451. The number of aromatic nitrogens is 4. The number of alkyl carbamates (subject to hydrolysis) is 1. The van der Waals surface area contributed by atoms with Gasteiger partial charge in [0, 0.05) is 5.02 Å². The topological polar surface area (TPSA) is 125 Å². The summed E-state index contributed by atoms with van der Waals surface area (Å²) in [6, 6.07) is 6.96. The van der Waals surface area contributed by atoms with Crippen molar-refractivity contribution in [3.8, 4) is 5.75 Å². The first-order chi connectivity index (χ1) is 15.0. The van der Waals surface area contributed by atoms with Gasteiger partial charge in [-0.3, -0.25) is 0 Å². The van der Waals surface area contributed by atoms with Gasteiger partial charge in [-0.05, 0) is 58.9 Å². The maximum absolute atomic E-state index is 12.1. The summed E-state index contributed by atoms with van der Waals surface area (Å²) < 4.78 is 21.7. The Morgan fingerprint density at radius 3 is 2.53 bits per heavy atom. The van der Waals surface area contributed by atoms with Gasteiger partial charge in [0.05, 0.1) is 5.75 Å². The lowest BCUT2D eigenvalue weighted by Gasteiger charge is -2.26. The van der Waals surface area contributed by atoms with Gasteiger partial charge in [-0.2, -0.15) is 4.98 Å². The molecule has 0 aliphatic heterocycles. The average molecular weight is 482 g/mol. The lowest BCUT2D eigenvalue weighted by molar-refractivity contribution is 0.0465. The Hall–Kier alpha value is -2.79. The zero-order chi connectivity index (χ0) is 23.4. The second-order valence-electron chi connectivity index (χ2n) is 8.26. The van der Waals surface area contributed by atoms with Crippen LogP contribution in [-0.4, -0.2) is 32.0 Å². The molecule has 2 heterocycles. The number of halogens is 1. The largest absolute Gasteiger partial charge is 0.484 e. The van der Waals surface area contributed by atoms with E-state index in [0.717, 1.165) is 0 Å². The summed E-state index contributed by atoms with van der Waals surface area (Å²) in [4.78, 5) is 16.4. The van der Waals surface area contributed by atoms with Crippen molar-refractivity contribution < 1.29 is 23.2 Å². The number of nitrogens with one attached hydrogen (secondary N) is 1. The standard InChI is InChI=1S/C20H24ClN5O5S/c1-19(2,3)30-17(27)23-20(4,5)16-22-15(31-26-16)11-32-18-25-24-14(29-18)10-28-13-8-6-12(21)7-9-13/h6-9H,10-11H2,1-5H3,(H,23,27). The molecule has 0 bridgehead atoms. The number of rotatable bonds is 8. The van der Waals surface area contributed by atoms with E-state index in [0.29, 0.717) is 39.4 Å². The van der Waals surface area contributed by atoms with Crippen LogP contribution in [0.2, 0.25) is 5.02 Å². The number of hydrogen-bond acceptors (Lipinski definition) is 10. The molecule has 0 saturated carbocycles. The van der Waals surface area contributed by atoms with Crippen molar-refractivity contribution in [2.24, 2.45) is 0 Å². The molecule has 0 radical (unpaired) electrons. The predicted molar refractivity (Wildman–Crippen MR) is 116 cm³/mol. The smallest absolute Gasteiger partial charge is 0.408 e. The molecule has 3 aromatic rings. The van der Waals surface area contributed by atoms with E-state index >= 15 is 0 Å². The van der Waals surface area contributed by atoms with Crippen LogP contribution >= 0.6 is 23.4 Å². The van der Waals surface area contributed by atoms with Gasteiger partial charge < -0.3 is 23.7 Å². The van der Waals surface area contributed by atoms with Crippen molar-refractivity contribution in [3.05, 3.63) is 46.9 Å². The van der Waals surface area contributed by atoms with Gasteiger partial charge >= 0.3 is 6.09 Å². The minimum absolute atomic E-state index is 0.129. The fourth-order valence-corrected chi connectivity index (χ4v) is 3.08. The maximum atomic E-state index is 12.1. The molecular weight excluding hydrogens is 458 g/mol. The molecule has 12 heteroatoms. The van der Waals surface area contributed by atoms with E-state index in [4.69, 9.17) is 30.0 Å². The predicted octanol–water partition coefficient (Wildman–Crippen LogP) is 4.74. The number of amides is 1. The molecule has 1 N–H and O–H groups in total. The zero-order valence-corrected chi connectivity index (χ0v) is 19.9. The Balaban J connectivity index is 1.50. The Bertz CT molecular complexity index is 1050. The third-order valence-electron chi connectivity index (χ3n) is 3.78. The SMILES string of the molecule is CC(C)(C)OC(=O)NC(C)(C)c1noc(CSc2nnc(COc3ccc(Cl)cc3)o2)n1. The van der Waals surface area contributed by atoms with E-state index in [-0.39, 0.29) is 6.61 Å². The fourth-order valence-electron chi connectivity index (χ4n) is 2.34. The Labute approximate surface area is 194 Å². The van der Waals surface area contributed by atoms with Crippen LogP contribution in [0, 0.1) is 0 Å². The lowest BCUT2D eigenvalue weighted by Crippen LogP contribution is -2.44. The molecule has 32 heavy (non-hydrogen) atoms. The number of ether oxygens (including phenoxy) is 2. The first-order valence-corrected chi connectivity index (χ1v) is 11.0. The molecule has 0 aliphatic carbocycles. The molecule has 0 unspecified atom stereocenters. The molecule has 2 aromatic heterocycles. The first-order valence-electron chi connectivity index (χ1n) is 9.68. The summed E-state index contributed by atoms with van der Waals surface area (Å²) in [5.74, 6) is 1.96. The van der Waals surface area contributed by atoms with Gasteiger partial charge in [0.2, 0.25) is 5.89 Å². The Morgan fingerprint density at radius 2 is 1.84 bits per heavy atom. The maximum Gasteiger partial charge on any atom is 0.408 e. The highest BCUT2D eigenvalue weighted by molar-refractivity contribution is 7.98. The van der Waals surface area contributed by atoms with Gasteiger partial charge in [-0.1, -0.05) is 28.5 Å². The number of carbonyl (C=O) groups is 1. The van der Waals surface area contributed by atoms with Crippen LogP contribution in [0.1, 0.15) is 52.2 Å². The molecule has 0 fully saturated rings. The normalized spacial score (nSPS) is 11.9. The van der Waals surface area contributed by atoms with Gasteiger partial charge in [0.25, 0.3) is 11.1 Å². The molecule has 1 aromatic carbocycles. The van der Waals surface area contributed by atoms with Crippen LogP contribution in [0.25, 0.3) is 0 Å². The van der Waals surface area contributed by atoms with Crippen LogP contribution in [-0.2, 0) is 22.6 Å². The second kappa shape index (κ2) is 9.78. The molecule has 172 valence electrons. The minimum atomic E-state index is -0.884. The Morgan fingerprint density at radius 1 is 1.12 bits per heavy atom. The van der Waals surface area contributed by atoms with E-state index in [2.05, 4.69) is 25.7 Å².